The lowest BCUT2D eigenvalue weighted by Crippen LogP contribution is -2.41. The molecule has 0 heterocycles. The molecule has 0 saturated carbocycles. The zero-order chi connectivity index (χ0) is 15.1. The average molecular weight is 280 g/mol. The topological polar surface area (TPSA) is 98.5 Å². The van der Waals surface area contributed by atoms with Crippen molar-refractivity contribution < 1.29 is 19.2 Å². The summed E-state index contributed by atoms with van der Waals surface area (Å²) in [6.45, 7) is 1.75. The Morgan fingerprint density at radius 3 is 2.70 bits per heavy atom. The summed E-state index contributed by atoms with van der Waals surface area (Å²) in [4.78, 5) is 33.3. The van der Waals surface area contributed by atoms with Gasteiger partial charge in [-0.15, -0.1) is 0 Å². The Labute approximate surface area is 116 Å². The number of rotatable bonds is 6. The van der Waals surface area contributed by atoms with Gasteiger partial charge in [0.05, 0.1) is 18.5 Å². The van der Waals surface area contributed by atoms with Crippen LogP contribution in [0.4, 0.5) is 5.69 Å². The van der Waals surface area contributed by atoms with Gasteiger partial charge in [-0.25, -0.2) is 4.79 Å². The zero-order valence-corrected chi connectivity index (χ0v) is 11.3. The Kier molecular flexibility index (Phi) is 5.64. The number of nitrogens with one attached hydrogen (secondary N) is 1. The zero-order valence-electron chi connectivity index (χ0n) is 11.3. The first-order chi connectivity index (χ1) is 9.47. The highest BCUT2D eigenvalue weighted by molar-refractivity contribution is 5.85. The first-order valence-electron chi connectivity index (χ1n) is 6.08. The maximum absolute atomic E-state index is 11.8. The molecule has 0 radical (unpaired) electrons. The second-order valence-electron chi connectivity index (χ2n) is 4.16. The van der Waals surface area contributed by atoms with E-state index in [1.54, 1.807) is 13.0 Å². The van der Waals surface area contributed by atoms with E-state index in [4.69, 9.17) is 0 Å². The third-order valence-corrected chi connectivity index (χ3v) is 2.72. The van der Waals surface area contributed by atoms with Gasteiger partial charge in [0.1, 0.15) is 6.04 Å². The fraction of sp³-hybridized carbons (Fsp3) is 0.385. The van der Waals surface area contributed by atoms with E-state index in [0.29, 0.717) is 12.0 Å². The van der Waals surface area contributed by atoms with Crippen molar-refractivity contribution in [1.29, 1.82) is 0 Å². The summed E-state index contributed by atoms with van der Waals surface area (Å²) in [7, 11) is 1.25. The van der Waals surface area contributed by atoms with E-state index in [9.17, 15) is 19.7 Å². The van der Waals surface area contributed by atoms with Crippen molar-refractivity contribution >= 4 is 17.6 Å². The molecule has 0 unspecified atom stereocenters. The van der Waals surface area contributed by atoms with Gasteiger partial charge >= 0.3 is 5.97 Å². The van der Waals surface area contributed by atoms with Crippen LogP contribution in [0.5, 0.6) is 0 Å². The second kappa shape index (κ2) is 7.22. The lowest BCUT2D eigenvalue weighted by atomic mass is 10.1. The Morgan fingerprint density at radius 1 is 1.45 bits per heavy atom. The number of benzene rings is 1. The number of ether oxygens (including phenoxy) is 1. The molecule has 0 spiro atoms. The first-order valence-corrected chi connectivity index (χ1v) is 6.08. The summed E-state index contributed by atoms with van der Waals surface area (Å²) in [5.74, 6) is -0.900. The van der Waals surface area contributed by atoms with Crippen molar-refractivity contribution in [1.82, 2.24) is 5.32 Å². The van der Waals surface area contributed by atoms with Gasteiger partial charge in [0.15, 0.2) is 0 Å². The van der Waals surface area contributed by atoms with Gasteiger partial charge in [0, 0.05) is 12.1 Å². The van der Waals surface area contributed by atoms with Crippen LogP contribution in [0, 0.1) is 10.1 Å². The van der Waals surface area contributed by atoms with Crippen LogP contribution in [0.15, 0.2) is 24.3 Å². The number of hydrogen-bond acceptors (Lipinski definition) is 5. The molecule has 1 amide bonds. The van der Waals surface area contributed by atoms with Gasteiger partial charge in [0.2, 0.25) is 5.91 Å². The number of amides is 1. The predicted octanol–water partition coefficient (Wildman–Crippen LogP) is 1.21. The quantitative estimate of drug-likeness (QED) is 0.479. The summed E-state index contributed by atoms with van der Waals surface area (Å²) in [6.07, 6.45) is 0.378. The molecule has 20 heavy (non-hydrogen) atoms. The molecule has 1 aromatic rings. The third-order valence-electron chi connectivity index (χ3n) is 2.72. The van der Waals surface area contributed by atoms with E-state index in [1.165, 1.54) is 25.3 Å². The maximum atomic E-state index is 11.8. The first kappa shape index (κ1) is 15.6. The van der Waals surface area contributed by atoms with Gasteiger partial charge < -0.3 is 10.1 Å². The molecule has 0 aromatic heterocycles. The van der Waals surface area contributed by atoms with E-state index < -0.39 is 16.9 Å². The van der Waals surface area contributed by atoms with Crippen LogP contribution in [-0.2, 0) is 20.7 Å². The Hall–Kier alpha value is -2.44. The van der Waals surface area contributed by atoms with Gasteiger partial charge in [-0.1, -0.05) is 19.1 Å². The van der Waals surface area contributed by atoms with Crippen LogP contribution in [-0.4, -0.2) is 30.0 Å². The highest BCUT2D eigenvalue weighted by Gasteiger charge is 2.19. The van der Waals surface area contributed by atoms with E-state index in [2.05, 4.69) is 10.1 Å². The van der Waals surface area contributed by atoms with E-state index in [1.807, 2.05) is 0 Å². The number of hydrogen-bond donors (Lipinski definition) is 1. The maximum Gasteiger partial charge on any atom is 0.328 e. The molecule has 0 fully saturated rings. The molecule has 1 rings (SSSR count). The van der Waals surface area contributed by atoms with E-state index >= 15 is 0 Å². The smallest absolute Gasteiger partial charge is 0.328 e. The standard InChI is InChI=1S/C13H16N2O5/c1-3-11(13(17)20-2)14-12(16)8-9-5-4-6-10(7-9)15(18)19/h4-7,11H,3,8H2,1-2H3,(H,14,16)/t11-/m0/s1. The summed E-state index contributed by atoms with van der Waals surface area (Å²) < 4.78 is 4.56. The highest BCUT2D eigenvalue weighted by Crippen LogP contribution is 2.13. The highest BCUT2D eigenvalue weighted by atomic mass is 16.6. The minimum atomic E-state index is -0.703. The van der Waals surface area contributed by atoms with Crippen LogP contribution >= 0.6 is 0 Å². The van der Waals surface area contributed by atoms with Gasteiger partial charge in [-0.3, -0.25) is 14.9 Å². The molecule has 1 atom stereocenters. The summed E-state index contributed by atoms with van der Waals surface area (Å²) in [5, 5.41) is 13.2. The molecular formula is C13H16N2O5. The average Bonchev–Trinajstić information content (AvgIpc) is 2.44. The number of non-ortho nitro benzene ring substituents is 1. The molecule has 0 aliphatic rings. The monoisotopic (exact) mass is 280 g/mol. The lowest BCUT2D eigenvalue weighted by Gasteiger charge is -2.14. The van der Waals surface area contributed by atoms with Crippen LogP contribution in [0.2, 0.25) is 0 Å². The Balaban J connectivity index is 2.68. The number of nitro groups is 1. The molecule has 0 aliphatic carbocycles. The van der Waals surface area contributed by atoms with Gasteiger partial charge in [-0.2, -0.15) is 0 Å². The Morgan fingerprint density at radius 2 is 2.15 bits per heavy atom. The number of nitrogens with zero attached hydrogens (tertiary/aromatic N) is 1. The van der Waals surface area contributed by atoms with Crippen molar-refractivity contribution in [3.8, 4) is 0 Å². The minimum absolute atomic E-state index is 0.0326. The molecule has 0 aliphatic heterocycles. The molecule has 7 nitrogen and oxygen atoms in total. The number of esters is 1. The van der Waals surface area contributed by atoms with Gasteiger partial charge in [0.25, 0.3) is 5.69 Å². The minimum Gasteiger partial charge on any atom is -0.467 e. The normalized spacial score (nSPS) is 11.5. The predicted molar refractivity (Wildman–Crippen MR) is 71.0 cm³/mol. The van der Waals surface area contributed by atoms with Crippen molar-refractivity contribution in [3.05, 3.63) is 39.9 Å². The van der Waals surface area contributed by atoms with Crippen LogP contribution in [0.1, 0.15) is 18.9 Å². The van der Waals surface area contributed by atoms with Crippen molar-refractivity contribution in [2.24, 2.45) is 0 Å². The second-order valence-corrected chi connectivity index (χ2v) is 4.16. The lowest BCUT2D eigenvalue weighted by molar-refractivity contribution is -0.384. The molecular weight excluding hydrogens is 264 g/mol. The number of methoxy groups -OCH3 is 1. The largest absolute Gasteiger partial charge is 0.467 e. The van der Waals surface area contributed by atoms with Crippen molar-refractivity contribution in [3.63, 3.8) is 0 Å². The number of nitro benzene ring substituents is 1. The molecule has 0 bridgehead atoms. The molecule has 7 heteroatoms. The summed E-state index contributed by atoms with van der Waals surface area (Å²) >= 11 is 0. The number of carbonyl (C=O) groups is 2. The molecule has 1 aromatic carbocycles. The molecule has 1 N–H and O–H groups in total. The molecule has 108 valence electrons. The molecule has 0 saturated heterocycles. The third kappa shape index (κ3) is 4.34. The van der Waals surface area contributed by atoms with Crippen LogP contribution in [0.3, 0.4) is 0 Å². The SMILES string of the molecule is CC[C@H](NC(=O)Cc1cccc([N+](=O)[O-])c1)C(=O)OC. The van der Waals surface area contributed by atoms with E-state index in [0.717, 1.165) is 0 Å². The number of carbonyl (C=O) groups excluding carboxylic acids is 2. The van der Waals surface area contributed by atoms with Crippen molar-refractivity contribution in [2.75, 3.05) is 7.11 Å². The summed E-state index contributed by atoms with van der Waals surface area (Å²) in [5.41, 5.74) is 0.437. The Bertz CT molecular complexity index is 515. The fourth-order valence-electron chi connectivity index (χ4n) is 1.68. The van der Waals surface area contributed by atoms with Crippen LogP contribution < -0.4 is 5.32 Å². The fourth-order valence-corrected chi connectivity index (χ4v) is 1.68. The summed E-state index contributed by atoms with van der Waals surface area (Å²) in [6, 6.07) is 5.11. The van der Waals surface area contributed by atoms with Crippen LogP contribution in [0.25, 0.3) is 0 Å². The van der Waals surface area contributed by atoms with Gasteiger partial charge in [-0.05, 0) is 12.0 Å². The van der Waals surface area contributed by atoms with Crippen molar-refractivity contribution in [2.45, 2.75) is 25.8 Å². The van der Waals surface area contributed by atoms with E-state index in [-0.39, 0.29) is 18.0 Å².